The third kappa shape index (κ3) is 4.36. The molecule has 0 spiro atoms. The summed E-state index contributed by atoms with van der Waals surface area (Å²) in [5, 5.41) is 12.2. The predicted octanol–water partition coefficient (Wildman–Crippen LogP) is 3.50. The molecule has 3 aromatic carbocycles. The van der Waals surface area contributed by atoms with Crippen molar-refractivity contribution in [3.05, 3.63) is 82.9 Å². The first-order valence-electron chi connectivity index (χ1n) is 10.2. The summed E-state index contributed by atoms with van der Waals surface area (Å²) in [6, 6.07) is 16.0. The number of nitrogens with one attached hydrogen (secondary N) is 1. The third-order valence-corrected chi connectivity index (χ3v) is 5.41. The molecule has 168 valence electrons. The van der Waals surface area contributed by atoms with Crippen LogP contribution in [0.25, 0.3) is 0 Å². The van der Waals surface area contributed by atoms with Crippen LogP contribution >= 0.6 is 0 Å². The number of aromatic hydroxyl groups is 1. The molecule has 0 atom stereocenters. The van der Waals surface area contributed by atoms with Crippen molar-refractivity contribution in [2.75, 3.05) is 26.1 Å². The van der Waals surface area contributed by atoms with Crippen molar-refractivity contribution in [1.29, 1.82) is 0 Å². The molecule has 4 rings (SSSR count). The Bertz CT molecular complexity index is 1250. The number of hydrogen-bond acceptors (Lipinski definition) is 6. The van der Waals surface area contributed by atoms with Crippen molar-refractivity contribution in [3.8, 4) is 17.2 Å². The Morgan fingerprint density at radius 2 is 1.67 bits per heavy atom. The molecule has 0 saturated heterocycles. The van der Waals surface area contributed by atoms with Gasteiger partial charge in [-0.15, -0.1) is 0 Å². The van der Waals surface area contributed by atoms with Crippen molar-refractivity contribution < 1.29 is 29.0 Å². The molecule has 1 heterocycles. The summed E-state index contributed by atoms with van der Waals surface area (Å²) in [4.78, 5) is 39.5. The fourth-order valence-corrected chi connectivity index (χ4v) is 3.70. The number of nitrogens with zero attached hydrogens (tertiary/aromatic N) is 1. The minimum Gasteiger partial charge on any atom is -0.508 e. The van der Waals surface area contributed by atoms with Crippen LogP contribution in [0.1, 0.15) is 36.6 Å². The number of ether oxygens (including phenoxy) is 2. The van der Waals surface area contributed by atoms with E-state index in [0.717, 1.165) is 5.56 Å². The van der Waals surface area contributed by atoms with Crippen LogP contribution in [-0.4, -0.2) is 48.5 Å². The number of methoxy groups -OCH3 is 2. The lowest BCUT2D eigenvalue weighted by Gasteiger charge is -2.14. The number of fused-ring (bicyclic) bond motifs is 1. The van der Waals surface area contributed by atoms with E-state index in [1.165, 1.54) is 35.2 Å². The van der Waals surface area contributed by atoms with E-state index in [-0.39, 0.29) is 29.0 Å². The van der Waals surface area contributed by atoms with Gasteiger partial charge in [0.15, 0.2) is 11.5 Å². The molecule has 1 aliphatic rings. The van der Waals surface area contributed by atoms with E-state index in [1.54, 1.807) is 38.5 Å². The summed E-state index contributed by atoms with van der Waals surface area (Å²) in [6.07, 6.45) is 0.441. The minimum atomic E-state index is -0.451. The standard InChI is InChI=1S/C25H22N2O6/c1-32-21-9-6-15(12-22(21)33-2)10-11-27-24(30)19-8-7-16(13-20(19)25(27)31)23(29)26-17-4-3-5-18(28)14-17/h3-9,12-14,28H,10-11H2,1-2H3,(H,26,29). The number of carbonyl (C=O) groups excluding carboxylic acids is 3. The second kappa shape index (κ2) is 9.04. The molecule has 2 N–H and O–H groups in total. The van der Waals surface area contributed by atoms with E-state index in [1.807, 2.05) is 6.07 Å². The molecule has 0 aliphatic carbocycles. The number of imide groups is 1. The summed E-state index contributed by atoms with van der Waals surface area (Å²) < 4.78 is 10.5. The maximum absolute atomic E-state index is 12.9. The average molecular weight is 446 g/mol. The number of phenols is 1. The van der Waals surface area contributed by atoms with Crippen LogP contribution in [0, 0.1) is 0 Å². The summed E-state index contributed by atoms with van der Waals surface area (Å²) >= 11 is 0. The highest BCUT2D eigenvalue weighted by atomic mass is 16.5. The van der Waals surface area contributed by atoms with Gasteiger partial charge in [0.05, 0.1) is 25.3 Å². The van der Waals surface area contributed by atoms with Crippen molar-refractivity contribution >= 4 is 23.4 Å². The minimum absolute atomic E-state index is 0.0210. The maximum Gasteiger partial charge on any atom is 0.261 e. The smallest absolute Gasteiger partial charge is 0.261 e. The zero-order valence-corrected chi connectivity index (χ0v) is 18.1. The first kappa shape index (κ1) is 21.9. The fraction of sp³-hybridized carbons (Fsp3) is 0.160. The van der Waals surface area contributed by atoms with Crippen molar-refractivity contribution in [2.45, 2.75) is 6.42 Å². The largest absolute Gasteiger partial charge is 0.508 e. The number of anilines is 1. The third-order valence-electron chi connectivity index (χ3n) is 5.41. The molecular weight excluding hydrogens is 424 g/mol. The quantitative estimate of drug-likeness (QED) is 0.538. The van der Waals surface area contributed by atoms with Gasteiger partial charge in [0.25, 0.3) is 17.7 Å². The van der Waals surface area contributed by atoms with Crippen LogP contribution < -0.4 is 14.8 Å². The molecule has 3 aromatic rings. The van der Waals surface area contributed by atoms with Crippen LogP contribution in [0.5, 0.6) is 17.2 Å². The Morgan fingerprint density at radius 3 is 2.39 bits per heavy atom. The van der Waals surface area contributed by atoms with Crippen molar-refractivity contribution in [3.63, 3.8) is 0 Å². The molecule has 0 unspecified atom stereocenters. The molecule has 1 aliphatic heterocycles. The number of carbonyl (C=O) groups is 3. The zero-order chi connectivity index (χ0) is 23.5. The predicted molar refractivity (Wildman–Crippen MR) is 121 cm³/mol. The van der Waals surface area contributed by atoms with Crippen LogP contribution in [0.3, 0.4) is 0 Å². The highest BCUT2D eigenvalue weighted by Crippen LogP contribution is 2.29. The zero-order valence-electron chi connectivity index (χ0n) is 18.1. The molecule has 0 fully saturated rings. The Hall–Kier alpha value is -4.33. The lowest BCUT2D eigenvalue weighted by molar-refractivity contribution is 0.0656. The van der Waals surface area contributed by atoms with Crippen molar-refractivity contribution in [1.82, 2.24) is 4.90 Å². The summed E-state index contributed by atoms with van der Waals surface area (Å²) in [5.74, 6) is -0.101. The van der Waals surface area contributed by atoms with Gasteiger partial charge in [-0.05, 0) is 54.4 Å². The normalized spacial score (nSPS) is 12.5. The first-order valence-corrected chi connectivity index (χ1v) is 10.2. The van der Waals surface area contributed by atoms with E-state index < -0.39 is 17.7 Å². The van der Waals surface area contributed by atoms with Gasteiger partial charge in [-0.25, -0.2) is 0 Å². The maximum atomic E-state index is 12.9. The van der Waals surface area contributed by atoms with Gasteiger partial charge in [-0.1, -0.05) is 12.1 Å². The van der Waals surface area contributed by atoms with Crippen LogP contribution in [0.4, 0.5) is 5.69 Å². The second-order valence-corrected chi connectivity index (χ2v) is 7.47. The number of phenolic OH excluding ortho intramolecular Hbond substituents is 1. The fourth-order valence-electron chi connectivity index (χ4n) is 3.70. The first-order chi connectivity index (χ1) is 15.9. The van der Waals surface area contributed by atoms with Gasteiger partial charge in [0.1, 0.15) is 5.75 Å². The highest BCUT2D eigenvalue weighted by molar-refractivity contribution is 6.22. The Morgan fingerprint density at radius 1 is 0.909 bits per heavy atom. The number of benzene rings is 3. The van der Waals surface area contributed by atoms with Gasteiger partial charge in [0, 0.05) is 23.9 Å². The second-order valence-electron chi connectivity index (χ2n) is 7.47. The summed E-state index contributed by atoms with van der Waals surface area (Å²) in [5.41, 5.74) is 1.99. The molecule has 0 bridgehead atoms. The summed E-state index contributed by atoms with van der Waals surface area (Å²) in [7, 11) is 3.09. The van der Waals surface area contributed by atoms with Gasteiger partial charge in [-0.3, -0.25) is 19.3 Å². The van der Waals surface area contributed by atoms with Gasteiger partial charge in [-0.2, -0.15) is 0 Å². The molecule has 8 nitrogen and oxygen atoms in total. The van der Waals surface area contributed by atoms with Crippen molar-refractivity contribution in [2.24, 2.45) is 0 Å². The molecule has 8 heteroatoms. The monoisotopic (exact) mass is 446 g/mol. The van der Waals surface area contributed by atoms with E-state index in [2.05, 4.69) is 5.32 Å². The molecule has 0 saturated carbocycles. The van der Waals surface area contributed by atoms with E-state index in [0.29, 0.717) is 23.6 Å². The van der Waals surface area contributed by atoms with Gasteiger partial charge in [0.2, 0.25) is 0 Å². The summed E-state index contributed by atoms with van der Waals surface area (Å²) in [6.45, 7) is 0.187. The molecule has 0 aromatic heterocycles. The van der Waals surface area contributed by atoms with Crippen LogP contribution in [0.2, 0.25) is 0 Å². The lowest BCUT2D eigenvalue weighted by Crippen LogP contribution is -2.31. The average Bonchev–Trinajstić information content (AvgIpc) is 3.06. The lowest BCUT2D eigenvalue weighted by atomic mass is 10.1. The number of amides is 3. The van der Waals surface area contributed by atoms with Crippen LogP contribution in [-0.2, 0) is 6.42 Å². The van der Waals surface area contributed by atoms with E-state index >= 15 is 0 Å². The topological polar surface area (TPSA) is 105 Å². The Labute approximate surface area is 190 Å². The molecule has 33 heavy (non-hydrogen) atoms. The van der Waals surface area contributed by atoms with Gasteiger partial charge >= 0.3 is 0 Å². The number of hydrogen-bond donors (Lipinski definition) is 2. The van der Waals surface area contributed by atoms with E-state index in [4.69, 9.17) is 9.47 Å². The van der Waals surface area contributed by atoms with Gasteiger partial charge < -0.3 is 19.9 Å². The van der Waals surface area contributed by atoms with E-state index in [9.17, 15) is 19.5 Å². The Kier molecular flexibility index (Phi) is 5.99. The molecule has 0 radical (unpaired) electrons. The van der Waals surface area contributed by atoms with Crippen LogP contribution in [0.15, 0.2) is 60.7 Å². The SMILES string of the molecule is COc1ccc(CCN2C(=O)c3ccc(C(=O)Nc4cccc(O)c4)cc3C2=O)cc1OC. The highest BCUT2D eigenvalue weighted by Gasteiger charge is 2.35. The molecular formula is C25H22N2O6. The Balaban J connectivity index is 1.48. The molecule has 3 amide bonds. The number of rotatable bonds is 7.